The maximum Gasteiger partial charge on any atom is 0.178 e. The third kappa shape index (κ3) is 1.71. The number of methoxy groups -OCH3 is 1. The fraction of sp³-hybridized carbons (Fsp3) is 0.222. The Bertz CT molecular complexity index is 355. The highest BCUT2D eigenvalue weighted by atomic mass is 16.5. The molecule has 13 heavy (non-hydrogen) atoms. The molecule has 3 N–H and O–H groups in total. The van der Waals surface area contributed by atoms with Crippen molar-refractivity contribution in [3.8, 4) is 17.6 Å². The van der Waals surface area contributed by atoms with Gasteiger partial charge in [-0.05, 0) is 17.7 Å². The van der Waals surface area contributed by atoms with Crippen molar-refractivity contribution in [3.63, 3.8) is 0 Å². The van der Waals surface area contributed by atoms with Gasteiger partial charge in [-0.25, -0.2) is 0 Å². The van der Waals surface area contributed by atoms with Crippen molar-refractivity contribution >= 4 is 0 Å². The molecular weight excluding hydrogens is 168 g/mol. The van der Waals surface area contributed by atoms with Crippen molar-refractivity contribution in [2.24, 2.45) is 5.73 Å². The molecule has 1 aromatic carbocycles. The van der Waals surface area contributed by atoms with Gasteiger partial charge in [0.1, 0.15) is 6.07 Å². The first-order valence-corrected chi connectivity index (χ1v) is 3.73. The second kappa shape index (κ2) is 3.78. The van der Waals surface area contributed by atoms with Gasteiger partial charge in [0, 0.05) is 6.54 Å². The van der Waals surface area contributed by atoms with Crippen LogP contribution in [0.4, 0.5) is 0 Å². The number of aromatic hydroxyl groups is 1. The largest absolute Gasteiger partial charge is 0.504 e. The molecule has 68 valence electrons. The Morgan fingerprint density at radius 1 is 1.62 bits per heavy atom. The van der Waals surface area contributed by atoms with E-state index >= 15 is 0 Å². The number of rotatable bonds is 2. The summed E-state index contributed by atoms with van der Waals surface area (Å²) in [5.41, 5.74) is 6.37. The topological polar surface area (TPSA) is 79.3 Å². The van der Waals surface area contributed by atoms with Crippen LogP contribution in [0.25, 0.3) is 0 Å². The number of phenols is 1. The lowest BCUT2D eigenvalue weighted by Crippen LogP contribution is -1.98. The second-order valence-electron chi connectivity index (χ2n) is 2.51. The lowest BCUT2D eigenvalue weighted by Gasteiger charge is -2.06. The lowest BCUT2D eigenvalue weighted by molar-refractivity contribution is 0.372. The quantitative estimate of drug-likeness (QED) is 0.699. The fourth-order valence-electron chi connectivity index (χ4n) is 1.09. The molecule has 0 fully saturated rings. The number of hydrogen-bond donors (Lipinski definition) is 2. The molecule has 4 heteroatoms. The molecule has 0 bridgehead atoms. The predicted octanol–water partition coefficient (Wildman–Crippen LogP) is 0.731. The van der Waals surface area contributed by atoms with Crippen molar-refractivity contribution in [2.45, 2.75) is 6.54 Å². The van der Waals surface area contributed by atoms with Crippen LogP contribution in [-0.4, -0.2) is 12.2 Å². The van der Waals surface area contributed by atoms with Gasteiger partial charge in [0.2, 0.25) is 0 Å². The summed E-state index contributed by atoms with van der Waals surface area (Å²) in [5, 5.41) is 18.1. The molecule has 0 spiro atoms. The van der Waals surface area contributed by atoms with E-state index in [1.165, 1.54) is 13.2 Å². The van der Waals surface area contributed by atoms with E-state index in [-0.39, 0.29) is 18.0 Å². The molecule has 0 unspecified atom stereocenters. The molecule has 1 aromatic rings. The van der Waals surface area contributed by atoms with Crippen LogP contribution in [0.1, 0.15) is 11.1 Å². The zero-order valence-electron chi connectivity index (χ0n) is 7.24. The second-order valence-corrected chi connectivity index (χ2v) is 2.51. The zero-order chi connectivity index (χ0) is 9.84. The Morgan fingerprint density at radius 2 is 2.31 bits per heavy atom. The van der Waals surface area contributed by atoms with Crippen molar-refractivity contribution in [1.82, 2.24) is 0 Å². The molecule has 0 amide bonds. The lowest BCUT2D eigenvalue weighted by atomic mass is 10.1. The number of nitrogens with two attached hydrogens (primary N) is 1. The average Bonchev–Trinajstić information content (AvgIpc) is 2.16. The molecule has 1 rings (SSSR count). The predicted molar refractivity (Wildman–Crippen MR) is 47.3 cm³/mol. The standard InChI is InChI=1S/C9H10N2O2/c1-13-9-7(5-11)2-6(4-10)3-8(9)12/h2-3,12H,4,10H2,1H3. The van der Waals surface area contributed by atoms with E-state index in [0.29, 0.717) is 11.1 Å². The Labute approximate surface area is 76.2 Å². The Kier molecular flexibility index (Phi) is 2.72. The van der Waals surface area contributed by atoms with Gasteiger partial charge in [-0.3, -0.25) is 0 Å². The van der Waals surface area contributed by atoms with Gasteiger partial charge >= 0.3 is 0 Å². The van der Waals surface area contributed by atoms with Crippen LogP contribution in [0, 0.1) is 11.3 Å². The summed E-state index contributed by atoms with van der Waals surface area (Å²) in [6.07, 6.45) is 0. The molecule has 0 aliphatic carbocycles. The van der Waals surface area contributed by atoms with Gasteiger partial charge in [0.25, 0.3) is 0 Å². The van der Waals surface area contributed by atoms with Crippen molar-refractivity contribution in [3.05, 3.63) is 23.3 Å². The van der Waals surface area contributed by atoms with Crippen LogP contribution in [0.15, 0.2) is 12.1 Å². The van der Waals surface area contributed by atoms with Gasteiger partial charge < -0.3 is 15.6 Å². The first-order valence-electron chi connectivity index (χ1n) is 3.73. The van der Waals surface area contributed by atoms with E-state index in [9.17, 15) is 5.11 Å². The molecule has 0 radical (unpaired) electrons. The third-order valence-electron chi connectivity index (χ3n) is 1.69. The summed E-state index contributed by atoms with van der Waals surface area (Å²) in [5.74, 6) is 0.140. The molecular formula is C9H10N2O2. The molecule has 4 nitrogen and oxygen atoms in total. The minimum Gasteiger partial charge on any atom is -0.504 e. The number of benzene rings is 1. The Morgan fingerprint density at radius 3 is 2.77 bits per heavy atom. The molecule has 0 heterocycles. The van der Waals surface area contributed by atoms with E-state index in [1.807, 2.05) is 6.07 Å². The maximum absolute atomic E-state index is 9.40. The summed E-state index contributed by atoms with van der Waals surface area (Å²) >= 11 is 0. The van der Waals surface area contributed by atoms with E-state index in [2.05, 4.69) is 0 Å². The van der Waals surface area contributed by atoms with E-state index in [0.717, 1.165) is 0 Å². The van der Waals surface area contributed by atoms with Gasteiger partial charge in [-0.2, -0.15) is 5.26 Å². The fourth-order valence-corrected chi connectivity index (χ4v) is 1.09. The van der Waals surface area contributed by atoms with Crippen LogP contribution in [-0.2, 0) is 6.54 Å². The first kappa shape index (κ1) is 9.36. The van der Waals surface area contributed by atoms with Gasteiger partial charge in [-0.15, -0.1) is 0 Å². The van der Waals surface area contributed by atoms with Crippen molar-refractivity contribution in [1.29, 1.82) is 5.26 Å². The normalized spacial score (nSPS) is 9.31. The number of nitrogens with zero attached hydrogens (tertiary/aromatic N) is 1. The summed E-state index contributed by atoms with van der Waals surface area (Å²) in [6.45, 7) is 0.284. The van der Waals surface area contributed by atoms with E-state index in [1.54, 1.807) is 6.07 Å². The molecule has 0 aromatic heterocycles. The average molecular weight is 178 g/mol. The maximum atomic E-state index is 9.40. The minimum atomic E-state index is -0.0537. The molecule has 0 saturated heterocycles. The molecule has 0 saturated carbocycles. The number of hydrogen-bond acceptors (Lipinski definition) is 4. The third-order valence-corrected chi connectivity index (χ3v) is 1.69. The summed E-state index contributed by atoms with van der Waals surface area (Å²) in [7, 11) is 1.40. The van der Waals surface area contributed by atoms with E-state index < -0.39 is 0 Å². The first-order chi connectivity index (χ1) is 6.22. The minimum absolute atomic E-state index is 0.0537. The highest BCUT2D eigenvalue weighted by Crippen LogP contribution is 2.30. The van der Waals surface area contributed by atoms with Gasteiger partial charge in [0.05, 0.1) is 12.7 Å². The van der Waals surface area contributed by atoms with Gasteiger partial charge in [-0.1, -0.05) is 0 Å². The summed E-state index contributed by atoms with van der Waals surface area (Å²) in [6, 6.07) is 5.00. The van der Waals surface area contributed by atoms with Crippen molar-refractivity contribution in [2.75, 3.05) is 7.11 Å². The van der Waals surface area contributed by atoms with Crippen LogP contribution in [0.5, 0.6) is 11.5 Å². The number of phenolic OH excluding ortho intramolecular Hbond substituents is 1. The smallest absolute Gasteiger partial charge is 0.178 e. The SMILES string of the molecule is COc1c(O)cc(CN)cc1C#N. The Hall–Kier alpha value is -1.73. The molecule has 0 atom stereocenters. The zero-order valence-corrected chi connectivity index (χ0v) is 7.24. The monoisotopic (exact) mass is 178 g/mol. The molecule has 0 aliphatic rings. The Balaban J connectivity index is 3.31. The molecule has 0 aliphatic heterocycles. The van der Waals surface area contributed by atoms with E-state index in [4.69, 9.17) is 15.7 Å². The highest BCUT2D eigenvalue weighted by molar-refractivity contribution is 5.54. The van der Waals surface area contributed by atoms with Crippen LogP contribution >= 0.6 is 0 Å². The van der Waals surface area contributed by atoms with Gasteiger partial charge in [0.15, 0.2) is 11.5 Å². The van der Waals surface area contributed by atoms with Crippen LogP contribution in [0.2, 0.25) is 0 Å². The summed E-state index contributed by atoms with van der Waals surface area (Å²) < 4.78 is 4.85. The summed E-state index contributed by atoms with van der Waals surface area (Å²) in [4.78, 5) is 0. The van der Waals surface area contributed by atoms with Crippen molar-refractivity contribution < 1.29 is 9.84 Å². The number of nitriles is 1. The number of ether oxygens (including phenoxy) is 1. The highest BCUT2D eigenvalue weighted by Gasteiger charge is 2.09. The van der Waals surface area contributed by atoms with Crippen LogP contribution < -0.4 is 10.5 Å². The van der Waals surface area contributed by atoms with Crippen LogP contribution in [0.3, 0.4) is 0 Å².